The maximum atomic E-state index is 12.2. The molecule has 1 aliphatic heterocycles. The average Bonchev–Trinajstić information content (AvgIpc) is 2.68. The summed E-state index contributed by atoms with van der Waals surface area (Å²) in [4.78, 5) is 23.2. The van der Waals surface area contributed by atoms with Crippen LogP contribution in [0.15, 0.2) is 45.6 Å². The zero-order valence-electron chi connectivity index (χ0n) is 14.1. The zero-order valence-corrected chi connectivity index (χ0v) is 14.1. The number of aliphatic hydroxyl groups is 1. The highest BCUT2D eigenvalue weighted by atomic mass is 16.5. The minimum absolute atomic E-state index is 0.0972. The van der Waals surface area contributed by atoms with E-state index in [9.17, 15) is 14.7 Å². The summed E-state index contributed by atoms with van der Waals surface area (Å²) in [7, 11) is 0. The molecule has 1 aliphatic rings. The predicted octanol–water partition coefficient (Wildman–Crippen LogP) is 1.69. The lowest BCUT2D eigenvalue weighted by molar-refractivity contribution is 0.0663. The number of hydrogen-bond acceptors (Lipinski definition) is 7. The molecular formula is C19H17NO7. The molecule has 4 rings (SSSR count). The first-order chi connectivity index (χ1) is 13.0. The number of aromatic hydroxyl groups is 1. The highest BCUT2D eigenvalue weighted by molar-refractivity contribution is 5.95. The van der Waals surface area contributed by atoms with E-state index in [1.165, 1.54) is 0 Å². The van der Waals surface area contributed by atoms with Crippen LogP contribution in [0.1, 0.15) is 16.1 Å². The second kappa shape index (κ2) is 7.48. The van der Waals surface area contributed by atoms with E-state index < -0.39 is 17.2 Å². The van der Waals surface area contributed by atoms with Crippen LogP contribution in [0.3, 0.4) is 0 Å². The zero-order chi connectivity index (χ0) is 19.6. The molecule has 0 atom stereocenters. The molecule has 0 spiro atoms. The molecule has 3 aromatic rings. The van der Waals surface area contributed by atoms with Gasteiger partial charge in [-0.25, -0.2) is 4.79 Å². The van der Waals surface area contributed by atoms with Crippen molar-refractivity contribution in [1.82, 2.24) is 0 Å². The first-order valence-corrected chi connectivity index (χ1v) is 8.07. The van der Waals surface area contributed by atoms with Gasteiger partial charge in [0, 0.05) is 18.2 Å². The van der Waals surface area contributed by atoms with Gasteiger partial charge in [-0.3, -0.25) is 4.79 Å². The van der Waals surface area contributed by atoms with Crippen molar-refractivity contribution in [3.63, 3.8) is 0 Å². The smallest absolute Gasteiger partial charge is 0.371 e. The summed E-state index contributed by atoms with van der Waals surface area (Å²) in [5.41, 5.74) is 6.42. The highest BCUT2D eigenvalue weighted by Crippen LogP contribution is 2.46. The highest BCUT2D eigenvalue weighted by Gasteiger charge is 2.25. The molecule has 0 bridgehead atoms. The lowest BCUT2D eigenvalue weighted by atomic mass is 9.95. The number of carbonyl (C=O) groups is 1. The molecule has 0 fully saturated rings. The van der Waals surface area contributed by atoms with Gasteiger partial charge in [0.05, 0.1) is 12.0 Å². The van der Waals surface area contributed by atoms with Crippen LogP contribution in [-0.2, 0) is 6.61 Å². The monoisotopic (exact) mass is 371 g/mol. The van der Waals surface area contributed by atoms with E-state index in [-0.39, 0.29) is 35.7 Å². The van der Waals surface area contributed by atoms with Crippen molar-refractivity contribution in [3.05, 3.63) is 57.9 Å². The van der Waals surface area contributed by atoms with Gasteiger partial charge in [-0.15, -0.1) is 0 Å². The first kappa shape index (κ1) is 18.4. The van der Waals surface area contributed by atoms with Gasteiger partial charge in [0.25, 0.3) is 0 Å². The van der Waals surface area contributed by atoms with Crippen LogP contribution in [0.5, 0.6) is 11.5 Å². The van der Waals surface area contributed by atoms with Gasteiger partial charge in [-0.2, -0.15) is 0 Å². The van der Waals surface area contributed by atoms with Crippen molar-refractivity contribution in [2.45, 2.75) is 6.61 Å². The molecule has 0 radical (unpaired) electrons. The summed E-state index contributed by atoms with van der Waals surface area (Å²) in [5.74, 6) is -2.10. The van der Waals surface area contributed by atoms with Crippen LogP contribution >= 0.6 is 0 Å². The number of phenols is 1. The molecule has 2 heterocycles. The number of benzene rings is 2. The first-order valence-electron chi connectivity index (χ1n) is 8.07. The Balaban J connectivity index is 0.000000481. The minimum atomic E-state index is -1.38. The van der Waals surface area contributed by atoms with Gasteiger partial charge in [0.1, 0.15) is 6.61 Å². The van der Waals surface area contributed by atoms with Crippen molar-refractivity contribution in [2.75, 3.05) is 13.2 Å². The van der Waals surface area contributed by atoms with Gasteiger partial charge in [-0.05, 0) is 17.2 Å². The number of ether oxygens (including phenoxy) is 1. The number of fused-ring (bicyclic) bond motifs is 4. The number of aromatic carboxylic acids is 1. The molecule has 0 saturated carbocycles. The molecule has 140 valence electrons. The van der Waals surface area contributed by atoms with Crippen LogP contribution in [-0.4, -0.2) is 34.4 Å². The molecule has 27 heavy (non-hydrogen) atoms. The Morgan fingerprint density at radius 3 is 2.56 bits per heavy atom. The Labute approximate surface area is 153 Å². The summed E-state index contributed by atoms with van der Waals surface area (Å²) in [6.45, 7) is 0.741. The normalized spacial score (nSPS) is 11.6. The molecule has 0 unspecified atom stereocenters. The predicted molar refractivity (Wildman–Crippen MR) is 97.0 cm³/mol. The van der Waals surface area contributed by atoms with Gasteiger partial charge in [-0.1, -0.05) is 24.3 Å². The Kier molecular flexibility index (Phi) is 5.11. The second-order valence-corrected chi connectivity index (χ2v) is 5.72. The third-order valence-corrected chi connectivity index (χ3v) is 3.97. The molecule has 2 aromatic carbocycles. The number of carboxylic acids is 1. The van der Waals surface area contributed by atoms with Crippen molar-refractivity contribution in [2.24, 2.45) is 5.73 Å². The summed E-state index contributed by atoms with van der Waals surface area (Å²) in [6, 6.07) is 9.95. The Morgan fingerprint density at radius 2 is 1.89 bits per heavy atom. The summed E-state index contributed by atoms with van der Waals surface area (Å²) < 4.78 is 10.7. The SMILES string of the molecule is NCCO.O=C(O)c1cc(=O)c2cc3c(c(O)c2o1)OCc1ccccc1-3. The molecular weight excluding hydrogens is 354 g/mol. The van der Waals surface area contributed by atoms with E-state index in [0.29, 0.717) is 12.1 Å². The number of aliphatic hydroxyl groups excluding tert-OH is 1. The summed E-state index contributed by atoms with van der Waals surface area (Å²) >= 11 is 0. The maximum Gasteiger partial charge on any atom is 0.371 e. The Hall–Kier alpha value is -3.36. The number of hydrogen-bond donors (Lipinski definition) is 4. The number of nitrogens with two attached hydrogens (primary N) is 1. The van der Waals surface area contributed by atoms with Gasteiger partial charge in [0.15, 0.2) is 16.8 Å². The standard InChI is InChI=1S/C17H10O6.C2H7NO/c18-12-6-13(17(20)21)23-16-11(12)5-10-9-4-2-1-3-8(9)7-22-15(10)14(16)19;3-1-2-4/h1-6,19H,7H2,(H,20,21);4H,1-3H2. The Morgan fingerprint density at radius 1 is 1.19 bits per heavy atom. The molecule has 5 N–H and O–H groups in total. The van der Waals surface area contributed by atoms with Crippen LogP contribution in [0.4, 0.5) is 0 Å². The van der Waals surface area contributed by atoms with Crippen LogP contribution in [0.2, 0.25) is 0 Å². The second-order valence-electron chi connectivity index (χ2n) is 5.72. The molecule has 1 aromatic heterocycles. The van der Waals surface area contributed by atoms with E-state index >= 15 is 0 Å². The molecule has 0 amide bonds. The van der Waals surface area contributed by atoms with Gasteiger partial charge < -0.3 is 30.2 Å². The van der Waals surface area contributed by atoms with E-state index in [4.69, 9.17) is 25.1 Å². The largest absolute Gasteiger partial charge is 0.502 e. The van der Waals surface area contributed by atoms with E-state index in [1.54, 1.807) is 6.07 Å². The quantitative estimate of drug-likeness (QED) is 0.533. The van der Waals surface area contributed by atoms with Crippen LogP contribution < -0.4 is 15.9 Å². The summed E-state index contributed by atoms with van der Waals surface area (Å²) in [6.07, 6.45) is 0. The number of carboxylic acid groups (broad SMARTS) is 1. The average molecular weight is 371 g/mol. The fraction of sp³-hybridized carbons (Fsp3) is 0.158. The van der Waals surface area contributed by atoms with E-state index in [0.717, 1.165) is 17.2 Å². The topological polar surface area (TPSA) is 143 Å². The van der Waals surface area contributed by atoms with Crippen molar-refractivity contribution >= 4 is 16.9 Å². The van der Waals surface area contributed by atoms with Gasteiger partial charge in [0.2, 0.25) is 11.5 Å². The third-order valence-electron chi connectivity index (χ3n) is 3.97. The van der Waals surface area contributed by atoms with Gasteiger partial charge >= 0.3 is 5.97 Å². The molecule has 8 heteroatoms. The third kappa shape index (κ3) is 3.35. The van der Waals surface area contributed by atoms with Crippen molar-refractivity contribution < 1.29 is 29.3 Å². The Bertz CT molecular complexity index is 1070. The number of rotatable bonds is 2. The lowest BCUT2D eigenvalue weighted by Gasteiger charge is -2.22. The number of phenolic OH excluding ortho intramolecular Hbond substituents is 1. The van der Waals surface area contributed by atoms with Crippen LogP contribution in [0.25, 0.3) is 22.1 Å². The minimum Gasteiger partial charge on any atom is -0.502 e. The van der Waals surface area contributed by atoms with Crippen molar-refractivity contribution in [1.29, 1.82) is 0 Å². The lowest BCUT2D eigenvalue weighted by Crippen LogP contribution is -2.09. The fourth-order valence-corrected chi connectivity index (χ4v) is 2.77. The van der Waals surface area contributed by atoms with E-state index in [2.05, 4.69) is 0 Å². The molecule has 8 nitrogen and oxygen atoms in total. The molecule has 0 aliphatic carbocycles. The van der Waals surface area contributed by atoms with E-state index in [1.807, 2.05) is 24.3 Å². The molecule has 0 saturated heterocycles. The maximum absolute atomic E-state index is 12.2. The summed E-state index contributed by atoms with van der Waals surface area (Å²) in [5, 5.41) is 27.2. The fourth-order valence-electron chi connectivity index (χ4n) is 2.77. The van der Waals surface area contributed by atoms with Crippen LogP contribution in [0, 0.1) is 0 Å². The van der Waals surface area contributed by atoms with Crippen molar-refractivity contribution in [3.8, 4) is 22.6 Å².